The number of carbonyl (C=O) groups is 2. The van der Waals surface area contributed by atoms with Crippen LogP contribution in [0, 0.1) is 13.8 Å². The van der Waals surface area contributed by atoms with Crippen LogP contribution in [-0.2, 0) is 9.53 Å². The fourth-order valence-electron chi connectivity index (χ4n) is 2.09. The zero-order valence-corrected chi connectivity index (χ0v) is 14.6. The Kier molecular flexibility index (Phi) is 5.93. The van der Waals surface area contributed by atoms with Crippen LogP contribution in [0.4, 0.5) is 5.69 Å². The summed E-state index contributed by atoms with van der Waals surface area (Å²) in [6.45, 7) is 5.74. The molecule has 1 heterocycles. The topological polar surface area (TPSA) is 68.3 Å². The van der Waals surface area contributed by atoms with E-state index in [4.69, 9.17) is 16.3 Å². The number of nitrogens with zero attached hydrogens (tertiary/aromatic N) is 1. The fraction of sp³-hybridized carbons (Fsp3) is 0.278. The second-order valence-electron chi connectivity index (χ2n) is 5.46. The fourth-order valence-corrected chi connectivity index (χ4v) is 2.26. The van der Waals surface area contributed by atoms with Crippen molar-refractivity contribution < 1.29 is 14.3 Å². The molecule has 0 aliphatic rings. The molecule has 0 aliphatic carbocycles. The minimum Gasteiger partial charge on any atom is -0.449 e. The molecule has 0 bridgehead atoms. The SMILES string of the molecule is CCC(OC(=O)c1ccnc(Cl)c1)C(=O)Nc1ccc(C)c(C)c1. The Morgan fingerprint density at radius 2 is 1.96 bits per heavy atom. The van der Waals surface area contributed by atoms with Crippen LogP contribution in [0.5, 0.6) is 0 Å². The minimum absolute atomic E-state index is 0.192. The molecule has 0 fully saturated rings. The van der Waals surface area contributed by atoms with Crippen molar-refractivity contribution in [2.24, 2.45) is 0 Å². The second-order valence-corrected chi connectivity index (χ2v) is 5.84. The van der Waals surface area contributed by atoms with Crippen molar-refractivity contribution in [1.29, 1.82) is 0 Å². The van der Waals surface area contributed by atoms with Gasteiger partial charge in [0.25, 0.3) is 5.91 Å². The molecular formula is C18H19ClN2O3. The van der Waals surface area contributed by atoms with Gasteiger partial charge in [-0.15, -0.1) is 0 Å². The van der Waals surface area contributed by atoms with Crippen molar-refractivity contribution in [3.63, 3.8) is 0 Å². The smallest absolute Gasteiger partial charge is 0.339 e. The number of carbonyl (C=O) groups excluding carboxylic acids is 2. The number of esters is 1. The molecule has 6 heteroatoms. The van der Waals surface area contributed by atoms with Gasteiger partial charge in [-0.1, -0.05) is 24.6 Å². The third-order valence-electron chi connectivity index (χ3n) is 3.65. The predicted octanol–water partition coefficient (Wildman–Crippen LogP) is 3.93. The lowest BCUT2D eigenvalue weighted by Gasteiger charge is -2.16. The number of nitrogens with one attached hydrogen (secondary N) is 1. The van der Waals surface area contributed by atoms with E-state index in [1.54, 1.807) is 6.92 Å². The molecule has 2 rings (SSSR count). The largest absolute Gasteiger partial charge is 0.449 e. The lowest BCUT2D eigenvalue weighted by molar-refractivity contribution is -0.124. The Bertz CT molecular complexity index is 762. The van der Waals surface area contributed by atoms with Crippen molar-refractivity contribution in [3.05, 3.63) is 58.4 Å². The first-order valence-corrected chi connectivity index (χ1v) is 7.99. The summed E-state index contributed by atoms with van der Waals surface area (Å²) >= 11 is 5.76. The number of halogens is 1. The molecule has 24 heavy (non-hydrogen) atoms. The monoisotopic (exact) mass is 346 g/mol. The van der Waals surface area contributed by atoms with Crippen LogP contribution in [0.2, 0.25) is 5.15 Å². The number of aromatic nitrogens is 1. The number of hydrogen-bond donors (Lipinski definition) is 1. The van der Waals surface area contributed by atoms with Gasteiger partial charge in [-0.3, -0.25) is 4.79 Å². The number of pyridine rings is 1. The summed E-state index contributed by atoms with van der Waals surface area (Å²) in [5.74, 6) is -0.976. The summed E-state index contributed by atoms with van der Waals surface area (Å²) in [5.41, 5.74) is 3.14. The number of anilines is 1. The summed E-state index contributed by atoms with van der Waals surface area (Å²) in [5, 5.41) is 2.97. The summed E-state index contributed by atoms with van der Waals surface area (Å²) < 4.78 is 5.29. The maximum absolute atomic E-state index is 12.3. The predicted molar refractivity (Wildman–Crippen MR) is 93.3 cm³/mol. The highest BCUT2D eigenvalue weighted by molar-refractivity contribution is 6.29. The normalized spacial score (nSPS) is 11.7. The van der Waals surface area contributed by atoms with Crippen molar-refractivity contribution >= 4 is 29.2 Å². The van der Waals surface area contributed by atoms with Crippen molar-refractivity contribution in [3.8, 4) is 0 Å². The molecular weight excluding hydrogens is 328 g/mol. The third kappa shape index (κ3) is 4.55. The van der Waals surface area contributed by atoms with Gasteiger partial charge in [0.1, 0.15) is 5.15 Å². The standard InChI is InChI=1S/C18H19ClN2O3/c1-4-15(24-18(23)13-7-8-20-16(19)10-13)17(22)21-14-6-5-11(2)12(3)9-14/h5-10,15H,4H2,1-3H3,(H,21,22). The van der Waals surface area contributed by atoms with Crippen LogP contribution in [0.15, 0.2) is 36.5 Å². The average Bonchev–Trinajstić information content (AvgIpc) is 2.55. The van der Waals surface area contributed by atoms with Gasteiger partial charge in [-0.05, 0) is 55.7 Å². The molecule has 5 nitrogen and oxygen atoms in total. The molecule has 1 amide bonds. The van der Waals surface area contributed by atoms with Gasteiger partial charge in [-0.2, -0.15) is 0 Å². The number of amides is 1. The first kappa shape index (κ1) is 17.9. The minimum atomic E-state index is -0.883. The first-order valence-electron chi connectivity index (χ1n) is 7.61. The van der Waals surface area contributed by atoms with Crippen LogP contribution in [-0.4, -0.2) is 23.0 Å². The van der Waals surface area contributed by atoms with E-state index in [2.05, 4.69) is 10.3 Å². The summed E-state index contributed by atoms with van der Waals surface area (Å²) in [7, 11) is 0. The Morgan fingerprint density at radius 1 is 1.21 bits per heavy atom. The first-order chi connectivity index (χ1) is 11.4. The van der Waals surface area contributed by atoms with Crippen LogP contribution < -0.4 is 5.32 Å². The van der Waals surface area contributed by atoms with Crippen LogP contribution >= 0.6 is 11.6 Å². The second kappa shape index (κ2) is 7.93. The van der Waals surface area contributed by atoms with E-state index >= 15 is 0 Å². The molecule has 1 atom stereocenters. The van der Waals surface area contributed by atoms with Gasteiger partial charge in [0.05, 0.1) is 5.56 Å². The van der Waals surface area contributed by atoms with Crippen molar-refractivity contribution in [2.45, 2.75) is 33.3 Å². The molecule has 0 spiro atoms. The zero-order valence-electron chi connectivity index (χ0n) is 13.8. The van der Waals surface area contributed by atoms with E-state index in [1.807, 2.05) is 32.0 Å². The van der Waals surface area contributed by atoms with Crippen LogP contribution in [0.25, 0.3) is 0 Å². The van der Waals surface area contributed by atoms with E-state index in [0.29, 0.717) is 12.1 Å². The molecule has 1 N–H and O–H groups in total. The number of hydrogen-bond acceptors (Lipinski definition) is 4. The molecule has 2 aromatic rings. The van der Waals surface area contributed by atoms with Gasteiger partial charge in [0.15, 0.2) is 6.10 Å². The maximum Gasteiger partial charge on any atom is 0.339 e. The summed E-state index contributed by atoms with van der Waals surface area (Å²) in [4.78, 5) is 28.3. The van der Waals surface area contributed by atoms with E-state index in [0.717, 1.165) is 11.1 Å². The molecule has 0 saturated carbocycles. The lowest BCUT2D eigenvalue weighted by atomic mass is 10.1. The van der Waals surface area contributed by atoms with E-state index in [1.165, 1.54) is 18.3 Å². The Morgan fingerprint density at radius 3 is 2.58 bits per heavy atom. The van der Waals surface area contributed by atoms with Crippen LogP contribution in [0.3, 0.4) is 0 Å². The number of benzene rings is 1. The van der Waals surface area contributed by atoms with E-state index < -0.39 is 12.1 Å². The lowest BCUT2D eigenvalue weighted by Crippen LogP contribution is -2.32. The van der Waals surface area contributed by atoms with E-state index in [9.17, 15) is 9.59 Å². The highest BCUT2D eigenvalue weighted by atomic mass is 35.5. The molecule has 1 aromatic heterocycles. The van der Waals surface area contributed by atoms with Gasteiger partial charge in [-0.25, -0.2) is 9.78 Å². The van der Waals surface area contributed by atoms with Crippen molar-refractivity contribution in [1.82, 2.24) is 4.98 Å². The molecule has 0 saturated heterocycles. The molecule has 1 aromatic carbocycles. The molecule has 0 aliphatic heterocycles. The number of rotatable bonds is 5. The van der Waals surface area contributed by atoms with Gasteiger partial charge >= 0.3 is 5.97 Å². The maximum atomic E-state index is 12.3. The molecule has 0 radical (unpaired) electrons. The quantitative estimate of drug-likeness (QED) is 0.658. The number of ether oxygens (including phenoxy) is 1. The Balaban J connectivity index is 2.05. The Hall–Kier alpha value is -2.40. The van der Waals surface area contributed by atoms with Gasteiger partial charge in [0, 0.05) is 11.9 Å². The summed E-state index contributed by atoms with van der Waals surface area (Å²) in [6, 6.07) is 8.51. The zero-order chi connectivity index (χ0) is 17.7. The third-order valence-corrected chi connectivity index (χ3v) is 3.86. The molecule has 1 unspecified atom stereocenters. The number of aryl methyl sites for hydroxylation is 2. The summed E-state index contributed by atoms with van der Waals surface area (Å²) in [6.07, 6.45) is 0.891. The van der Waals surface area contributed by atoms with Gasteiger partial charge < -0.3 is 10.1 Å². The molecule has 126 valence electrons. The average molecular weight is 347 g/mol. The van der Waals surface area contributed by atoms with E-state index in [-0.39, 0.29) is 16.6 Å². The van der Waals surface area contributed by atoms with Gasteiger partial charge in [0.2, 0.25) is 0 Å². The van der Waals surface area contributed by atoms with Crippen LogP contribution in [0.1, 0.15) is 34.8 Å². The highest BCUT2D eigenvalue weighted by Crippen LogP contribution is 2.16. The Labute approximate surface area is 146 Å². The highest BCUT2D eigenvalue weighted by Gasteiger charge is 2.22. The van der Waals surface area contributed by atoms with Crippen molar-refractivity contribution in [2.75, 3.05) is 5.32 Å².